The minimum Gasteiger partial charge on any atom is -0.496 e. The van der Waals surface area contributed by atoms with Gasteiger partial charge in [0, 0.05) is 6.07 Å². The average molecular weight is 342 g/mol. The zero-order chi connectivity index (χ0) is 16.9. The predicted octanol–water partition coefficient (Wildman–Crippen LogP) is 3.97. The number of aromatic nitrogens is 2. The molecule has 0 atom stereocenters. The van der Waals surface area contributed by atoms with Gasteiger partial charge < -0.3 is 15.2 Å². The van der Waals surface area contributed by atoms with Gasteiger partial charge in [-0.2, -0.15) is 0 Å². The molecule has 3 rings (SSSR count). The van der Waals surface area contributed by atoms with Crippen molar-refractivity contribution in [3.05, 3.63) is 65.3 Å². The number of rotatable bonds is 5. The fourth-order valence-corrected chi connectivity index (χ4v) is 2.54. The maximum absolute atomic E-state index is 6.01. The van der Waals surface area contributed by atoms with Crippen molar-refractivity contribution in [2.75, 3.05) is 12.8 Å². The molecule has 0 aliphatic carbocycles. The number of halogens is 1. The van der Waals surface area contributed by atoms with Gasteiger partial charge in [-0.3, -0.25) is 0 Å². The van der Waals surface area contributed by atoms with Gasteiger partial charge >= 0.3 is 0 Å². The largest absolute Gasteiger partial charge is 0.496 e. The molecular weight excluding hydrogens is 326 g/mol. The van der Waals surface area contributed by atoms with Crippen molar-refractivity contribution in [1.29, 1.82) is 0 Å². The van der Waals surface area contributed by atoms with Crippen molar-refractivity contribution in [1.82, 2.24) is 9.97 Å². The van der Waals surface area contributed by atoms with Crippen molar-refractivity contribution in [2.45, 2.75) is 6.61 Å². The minimum absolute atomic E-state index is 0.0948. The second kappa shape index (κ2) is 7.19. The first-order valence-corrected chi connectivity index (χ1v) is 7.69. The van der Waals surface area contributed by atoms with Crippen LogP contribution in [0.5, 0.6) is 11.5 Å². The molecule has 2 N–H and O–H groups in total. The zero-order valence-corrected chi connectivity index (χ0v) is 13.8. The van der Waals surface area contributed by atoms with Crippen molar-refractivity contribution < 1.29 is 9.47 Å². The molecule has 5 nitrogen and oxygen atoms in total. The molecule has 0 saturated carbocycles. The molecule has 1 aromatic heterocycles. The van der Waals surface area contributed by atoms with E-state index >= 15 is 0 Å². The Morgan fingerprint density at radius 2 is 1.75 bits per heavy atom. The number of methoxy groups -OCH3 is 1. The van der Waals surface area contributed by atoms with E-state index < -0.39 is 0 Å². The van der Waals surface area contributed by atoms with Gasteiger partial charge in [0.25, 0.3) is 0 Å². The van der Waals surface area contributed by atoms with Crippen LogP contribution in [0.4, 0.5) is 5.95 Å². The third-order valence-electron chi connectivity index (χ3n) is 3.41. The van der Waals surface area contributed by atoms with E-state index in [2.05, 4.69) is 9.97 Å². The maximum Gasteiger partial charge on any atom is 0.221 e. The number of benzene rings is 2. The van der Waals surface area contributed by atoms with Gasteiger partial charge in [0.1, 0.15) is 23.3 Å². The number of hydrogen-bond acceptors (Lipinski definition) is 5. The summed E-state index contributed by atoms with van der Waals surface area (Å²) < 4.78 is 11.4. The first-order valence-electron chi connectivity index (χ1n) is 7.31. The smallest absolute Gasteiger partial charge is 0.221 e. The Kier molecular flexibility index (Phi) is 4.82. The van der Waals surface area contributed by atoms with Crippen LogP contribution < -0.4 is 15.2 Å². The van der Waals surface area contributed by atoms with E-state index in [1.807, 2.05) is 48.5 Å². The summed E-state index contributed by atoms with van der Waals surface area (Å²) >= 11 is 6.01. The lowest BCUT2D eigenvalue weighted by Crippen LogP contribution is -2.01. The van der Waals surface area contributed by atoms with Gasteiger partial charge in [-0.05, 0) is 17.7 Å². The molecule has 0 bridgehead atoms. The molecule has 0 aliphatic heterocycles. The zero-order valence-electron chi connectivity index (χ0n) is 13.1. The van der Waals surface area contributed by atoms with Gasteiger partial charge in [0.05, 0.1) is 18.4 Å². The monoisotopic (exact) mass is 341 g/mol. The normalized spacial score (nSPS) is 10.4. The Hall–Kier alpha value is -2.79. The Balaban J connectivity index is 2.00. The fourth-order valence-electron chi connectivity index (χ4n) is 2.35. The summed E-state index contributed by atoms with van der Waals surface area (Å²) in [4.78, 5) is 8.14. The molecule has 0 aliphatic rings. The number of nitrogen functional groups attached to an aromatic ring is 1. The summed E-state index contributed by atoms with van der Waals surface area (Å²) in [5.41, 5.74) is 8.01. The molecule has 6 heteroatoms. The van der Waals surface area contributed by atoms with Crippen molar-refractivity contribution in [2.24, 2.45) is 0 Å². The average Bonchev–Trinajstić information content (AvgIpc) is 2.59. The fraction of sp³-hybridized carbons (Fsp3) is 0.111. The van der Waals surface area contributed by atoms with Crippen LogP contribution in [0, 0.1) is 0 Å². The highest BCUT2D eigenvalue weighted by molar-refractivity contribution is 6.29. The SMILES string of the molecule is COc1cccc(OCc2ccccc2)c1-c1cc(Cl)nc(N)n1. The number of hydrogen-bond donors (Lipinski definition) is 1. The number of nitrogens with zero attached hydrogens (tertiary/aromatic N) is 2. The molecule has 1 heterocycles. The van der Waals surface area contributed by atoms with Crippen LogP contribution in [-0.4, -0.2) is 17.1 Å². The van der Waals surface area contributed by atoms with Crippen LogP contribution in [0.3, 0.4) is 0 Å². The topological polar surface area (TPSA) is 70.3 Å². The van der Waals surface area contributed by atoms with E-state index in [0.717, 1.165) is 5.56 Å². The van der Waals surface area contributed by atoms with Gasteiger partial charge in [-0.25, -0.2) is 9.97 Å². The highest BCUT2D eigenvalue weighted by Crippen LogP contribution is 2.38. The summed E-state index contributed by atoms with van der Waals surface area (Å²) in [6.07, 6.45) is 0. The lowest BCUT2D eigenvalue weighted by molar-refractivity contribution is 0.305. The van der Waals surface area contributed by atoms with Crippen LogP contribution in [0.15, 0.2) is 54.6 Å². The molecule has 0 saturated heterocycles. The van der Waals surface area contributed by atoms with E-state index in [-0.39, 0.29) is 11.1 Å². The standard InChI is InChI=1S/C18H16ClN3O2/c1-23-14-8-5-9-15(24-11-12-6-3-2-4-7-12)17(14)13-10-16(19)22-18(20)21-13/h2-10H,11H2,1H3,(H2,20,21,22). The summed E-state index contributed by atoms with van der Waals surface area (Å²) in [5.74, 6) is 1.35. The van der Waals surface area contributed by atoms with Crippen LogP contribution in [-0.2, 0) is 6.61 Å². The summed E-state index contributed by atoms with van der Waals surface area (Å²) in [6, 6.07) is 17.1. The maximum atomic E-state index is 6.01. The van der Waals surface area contributed by atoms with Gasteiger partial charge in [0.2, 0.25) is 5.95 Å². The molecule has 3 aromatic rings. The molecule has 24 heavy (non-hydrogen) atoms. The summed E-state index contributed by atoms with van der Waals surface area (Å²) in [7, 11) is 1.59. The molecule has 0 unspecified atom stereocenters. The van der Waals surface area contributed by atoms with E-state index in [1.165, 1.54) is 0 Å². The predicted molar refractivity (Wildman–Crippen MR) is 94.2 cm³/mol. The Labute approximate surface area is 145 Å². The second-order valence-electron chi connectivity index (χ2n) is 5.04. The molecule has 0 amide bonds. The second-order valence-corrected chi connectivity index (χ2v) is 5.43. The van der Waals surface area contributed by atoms with E-state index in [0.29, 0.717) is 29.4 Å². The first kappa shape index (κ1) is 16.1. The lowest BCUT2D eigenvalue weighted by atomic mass is 10.1. The van der Waals surface area contributed by atoms with Crippen LogP contribution in [0.2, 0.25) is 5.15 Å². The Morgan fingerprint density at radius 1 is 1.00 bits per heavy atom. The van der Waals surface area contributed by atoms with Crippen LogP contribution in [0.25, 0.3) is 11.3 Å². The molecular formula is C18H16ClN3O2. The van der Waals surface area contributed by atoms with Gasteiger partial charge in [-0.1, -0.05) is 48.0 Å². The van der Waals surface area contributed by atoms with Crippen LogP contribution >= 0.6 is 11.6 Å². The van der Waals surface area contributed by atoms with Crippen molar-refractivity contribution >= 4 is 17.5 Å². The van der Waals surface area contributed by atoms with Gasteiger partial charge in [0.15, 0.2) is 0 Å². The highest BCUT2D eigenvalue weighted by atomic mass is 35.5. The van der Waals surface area contributed by atoms with E-state index in [4.69, 9.17) is 26.8 Å². The van der Waals surface area contributed by atoms with Crippen molar-refractivity contribution in [3.63, 3.8) is 0 Å². The number of ether oxygens (including phenoxy) is 2. The molecule has 2 aromatic carbocycles. The molecule has 122 valence electrons. The first-order chi connectivity index (χ1) is 11.7. The van der Waals surface area contributed by atoms with E-state index in [1.54, 1.807) is 13.2 Å². The highest BCUT2D eigenvalue weighted by Gasteiger charge is 2.16. The molecule has 0 radical (unpaired) electrons. The number of anilines is 1. The third-order valence-corrected chi connectivity index (χ3v) is 3.61. The van der Waals surface area contributed by atoms with Gasteiger partial charge in [-0.15, -0.1) is 0 Å². The Morgan fingerprint density at radius 3 is 2.46 bits per heavy atom. The molecule has 0 spiro atoms. The lowest BCUT2D eigenvalue weighted by Gasteiger charge is -2.15. The molecule has 0 fully saturated rings. The Bertz CT molecular complexity index is 821. The van der Waals surface area contributed by atoms with E-state index in [9.17, 15) is 0 Å². The number of nitrogens with two attached hydrogens (primary N) is 1. The summed E-state index contributed by atoms with van der Waals surface area (Å²) in [6.45, 7) is 0.426. The third kappa shape index (κ3) is 3.58. The minimum atomic E-state index is 0.0948. The quantitative estimate of drug-likeness (QED) is 0.711. The summed E-state index contributed by atoms with van der Waals surface area (Å²) in [5, 5.41) is 0.261. The van der Waals surface area contributed by atoms with Crippen LogP contribution in [0.1, 0.15) is 5.56 Å². The van der Waals surface area contributed by atoms with Crippen molar-refractivity contribution in [3.8, 4) is 22.8 Å².